The van der Waals surface area contributed by atoms with Crippen LogP contribution in [0.1, 0.15) is 13.8 Å². The molecule has 0 N–H and O–H groups in total. The lowest BCUT2D eigenvalue weighted by molar-refractivity contribution is -0.140. The van der Waals surface area contributed by atoms with Crippen LogP contribution in [0, 0.1) is 5.92 Å². The average molecular weight is 233 g/mol. The van der Waals surface area contributed by atoms with E-state index in [1.54, 1.807) is 16.7 Å². The highest BCUT2D eigenvalue weighted by Crippen LogP contribution is 2.08. The number of piperazine rings is 1. The van der Waals surface area contributed by atoms with Gasteiger partial charge in [0.15, 0.2) is 0 Å². The van der Waals surface area contributed by atoms with E-state index in [4.69, 9.17) is 11.6 Å². The van der Waals surface area contributed by atoms with Crippen LogP contribution in [0.15, 0.2) is 0 Å². The maximum absolute atomic E-state index is 11.7. The zero-order chi connectivity index (χ0) is 11.4. The predicted molar refractivity (Wildman–Crippen MR) is 58.7 cm³/mol. The summed E-state index contributed by atoms with van der Waals surface area (Å²) >= 11 is 5.63. The highest BCUT2D eigenvalue weighted by Gasteiger charge is 2.24. The molecule has 1 aliphatic rings. The smallest absolute Gasteiger partial charge is 0.226 e. The van der Waals surface area contributed by atoms with E-state index in [9.17, 15) is 9.59 Å². The van der Waals surface area contributed by atoms with Crippen LogP contribution in [0.5, 0.6) is 0 Å². The second kappa shape index (κ2) is 5.35. The van der Waals surface area contributed by atoms with Crippen molar-refractivity contribution in [3.05, 3.63) is 0 Å². The molecule has 0 saturated carbocycles. The third-order valence-corrected chi connectivity index (χ3v) is 3.15. The van der Waals surface area contributed by atoms with E-state index in [1.165, 1.54) is 0 Å². The molecule has 0 radical (unpaired) electrons. The molecule has 86 valence electrons. The fraction of sp³-hybridized carbons (Fsp3) is 0.800. The summed E-state index contributed by atoms with van der Waals surface area (Å²) in [5, 5.41) is 0. The number of nitrogens with zero attached hydrogens (tertiary/aromatic N) is 2. The first-order valence-electron chi connectivity index (χ1n) is 5.16. The molecular formula is C10H17ClN2O2. The van der Waals surface area contributed by atoms with Crippen molar-refractivity contribution >= 4 is 23.4 Å². The molecule has 0 aromatic carbocycles. The molecule has 0 spiro atoms. The molecule has 0 bridgehead atoms. The van der Waals surface area contributed by atoms with Crippen LogP contribution in [0.25, 0.3) is 0 Å². The molecule has 0 aromatic heterocycles. The summed E-state index contributed by atoms with van der Waals surface area (Å²) in [5.74, 6) is 0.391. The van der Waals surface area contributed by atoms with Gasteiger partial charge in [0.1, 0.15) is 0 Å². The Labute approximate surface area is 95.2 Å². The molecule has 0 aliphatic carbocycles. The average Bonchev–Trinajstić information content (AvgIpc) is 2.27. The Balaban J connectivity index is 2.43. The first kappa shape index (κ1) is 12.3. The van der Waals surface area contributed by atoms with Gasteiger partial charge in [0.2, 0.25) is 11.8 Å². The molecule has 1 atom stereocenters. The molecule has 1 rings (SSSR count). The molecule has 2 amide bonds. The predicted octanol–water partition coefficient (Wildman–Crippen LogP) is 0.552. The number of carbonyl (C=O) groups excluding carboxylic acids is 2. The Kier molecular flexibility index (Phi) is 4.39. The summed E-state index contributed by atoms with van der Waals surface area (Å²) in [4.78, 5) is 26.4. The number of hydrogen-bond donors (Lipinski definition) is 0. The van der Waals surface area contributed by atoms with Gasteiger partial charge >= 0.3 is 0 Å². The second-order valence-corrected chi connectivity index (χ2v) is 4.20. The first-order valence-corrected chi connectivity index (χ1v) is 5.70. The first-order chi connectivity index (χ1) is 7.06. The molecule has 1 saturated heterocycles. The fourth-order valence-electron chi connectivity index (χ4n) is 1.62. The summed E-state index contributed by atoms with van der Waals surface area (Å²) in [5.41, 5.74) is 0. The maximum Gasteiger partial charge on any atom is 0.226 e. The van der Waals surface area contributed by atoms with E-state index in [1.807, 2.05) is 6.92 Å². The quantitative estimate of drug-likeness (QED) is 0.653. The number of carbonyl (C=O) groups is 2. The van der Waals surface area contributed by atoms with Crippen LogP contribution in [-0.2, 0) is 9.59 Å². The van der Waals surface area contributed by atoms with Gasteiger partial charge in [0.25, 0.3) is 0 Å². The van der Waals surface area contributed by atoms with Crippen molar-refractivity contribution in [2.45, 2.75) is 13.8 Å². The summed E-state index contributed by atoms with van der Waals surface area (Å²) in [6.45, 7) is 5.90. The molecule has 5 heteroatoms. The summed E-state index contributed by atoms with van der Waals surface area (Å²) < 4.78 is 0. The molecular weight excluding hydrogens is 216 g/mol. The van der Waals surface area contributed by atoms with Gasteiger partial charge in [-0.15, -0.1) is 11.6 Å². The van der Waals surface area contributed by atoms with Gasteiger partial charge in [0, 0.05) is 44.9 Å². The molecule has 1 heterocycles. The Morgan fingerprint density at radius 1 is 1.20 bits per heavy atom. The van der Waals surface area contributed by atoms with E-state index in [0.29, 0.717) is 32.1 Å². The molecule has 4 nitrogen and oxygen atoms in total. The molecule has 1 unspecified atom stereocenters. The monoisotopic (exact) mass is 232 g/mol. The maximum atomic E-state index is 11.7. The lowest BCUT2D eigenvalue weighted by atomic mass is 10.1. The molecule has 15 heavy (non-hydrogen) atoms. The van der Waals surface area contributed by atoms with Crippen molar-refractivity contribution in [1.82, 2.24) is 9.80 Å². The van der Waals surface area contributed by atoms with Crippen molar-refractivity contribution in [3.63, 3.8) is 0 Å². The third-order valence-electron chi connectivity index (χ3n) is 2.69. The Bertz CT molecular complexity index is 250. The zero-order valence-electron chi connectivity index (χ0n) is 9.20. The Morgan fingerprint density at radius 3 is 2.07 bits per heavy atom. The summed E-state index contributed by atoms with van der Waals surface area (Å²) in [6, 6.07) is 0. The lowest BCUT2D eigenvalue weighted by Gasteiger charge is -2.35. The molecule has 1 aliphatic heterocycles. The van der Waals surface area contributed by atoms with Gasteiger partial charge in [-0.2, -0.15) is 0 Å². The fourth-order valence-corrected chi connectivity index (χ4v) is 1.75. The van der Waals surface area contributed by atoms with Crippen molar-refractivity contribution < 1.29 is 9.59 Å². The number of amides is 2. The highest BCUT2D eigenvalue weighted by atomic mass is 35.5. The number of rotatable bonds is 2. The van der Waals surface area contributed by atoms with E-state index >= 15 is 0 Å². The van der Waals surface area contributed by atoms with Crippen LogP contribution in [-0.4, -0.2) is 53.7 Å². The van der Waals surface area contributed by atoms with Crippen LogP contribution in [0.3, 0.4) is 0 Å². The van der Waals surface area contributed by atoms with Gasteiger partial charge in [-0.05, 0) is 0 Å². The van der Waals surface area contributed by atoms with E-state index < -0.39 is 0 Å². The molecule has 1 fully saturated rings. The summed E-state index contributed by atoms with van der Waals surface area (Å²) in [7, 11) is 0. The van der Waals surface area contributed by atoms with Crippen molar-refractivity contribution in [2.24, 2.45) is 5.92 Å². The van der Waals surface area contributed by atoms with Crippen molar-refractivity contribution in [2.75, 3.05) is 32.1 Å². The number of alkyl halides is 1. The third kappa shape index (κ3) is 3.09. The normalized spacial score (nSPS) is 18.9. The number of halogens is 1. The highest BCUT2D eigenvalue weighted by molar-refractivity contribution is 6.19. The van der Waals surface area contributed by atoms with Crippen LogP contribution < -0.4 is 0 Å². The lowest BCUT2D eigenvalue weighted by Crippen LogP contribution is -2.51. The van der Waals surface area contributed by atoms with Crippen molar-refractivity contribution in [1.29, 1.82) is 0 Å². The molecule has 0 aromatic rings. The Morgan fingerprint density at radius 2 is 1.67 bits per heavy atom. The van der Waals surface area contributed by atoms with Gasteiger partial charge in [-0.25, -0.2) is 0 Å². The minimum atomic E-state index is -0.129. The van der Waals surface area contributed by atoms with Crippen LogP contribution >= 0.6 is 11.6 Å². The van der Waals surface area contributed by atoms with Crippen molar-refractivity contribution in [3.8, 4) is 0 Å². The van der Waals surface area contributed by atoms with Gasteiger partial charge in [-0.1, -0.05) is 6.92 Å². The second-order valence-electron chi connectivity index (χ2n) is 3.89. The standard InChI is InChI=1S/C10H17ClN2O2/c1-8(7-11)10(15)13-5-3-12(4-6-13)9(2)14/h8H,3-7H2,1-2H3. The van der Waals surface area contributed by atoms with Crippen LogP contribution in [0.4, 0.5) is 0 Å². The van der Waals surface area contributed by atoms with E-state index in [-0.39, 0.29) is 17.7 Å². The minimum absolute atomic E-state index is 0.0764. The largest absolute Gasteiger partial charge is 0.339 e. The summed E-state index contributed by atoms with van der Waals surface area (Å²) in [6.07, 6.45) is 0. The van der Waals surface area contributed by atoms with E-state index in [0.717, 1.165) is 0 Å². The topological polar surface area (TPSA) is 40.6 Å². The van der Waals surface area contributed by atoms with Gasteiger partial charge in [-0.3, -0.25) is 9.59 Å². The Hall–Kier alpha value is -0.770. The minimum Gasteiger partial charge on any atom is -0.339 e. The van der Waals surface area contributed by atoms with E-state index in [2.05, 4.69) is 0 Å². The van der Waals surface area contributed by atoms with Gasteiger partial charge in [0.05, 0.1) is 0 Å². The SMILES string of the molecule is CC(=O)N1CCN(C(=O)C(C)CCl)CC1. The van der Waals surface area contributed by atoms with Crippen LogP contribution in [0.2, 0.25) is 0 Å². The zero-order valence-corrected chi connectivity index (χ0v) is 9.96. The number of hydrogen-bond acceptors (Lipinski definition) is 2. The van der Waals surface area contributed by atoms with Gasteiger partial charge < -0.3 is 9.80 Å².